The largest absolute Gasteiger partial charge is 0.437 e. The lowest BCUT2D eigenvalue weighted by atomic mass is 10.2. The second-order valence-electron chi connectivity index (χ2n) is 5.43. The number of hydrogen-bond donors (Lipinski definition) is 1. The predicted octanol–water partition coefficient (Wildman–Crippen LogP) is 4.05. The first-order chi connectivity index (χ1) is 11.6. The SMILES string of the molecule is Cl.Cl.O=C(c1cccnc1Oc1ccc(F)cc1Br)N1CCCNCC1. The van der Waals surface area contributed by atoms with Gasteiger partial charge in [0.25, 0.3) is 5.91 Å². The number of carbonyl (C=O) groups excluding carboxylic acids is 1. The molecule has 1 aromatic heterocycles. The van der Waals surface area contributed by atoms with Crippen molar-refractivity contribution in [1.29, 1.82) is 0 Å². The van der Waals surface area contributed by atoms with Crippen molar-refractivity contribution >= 4 is 46.7 Å². The second-order valence-corrected chi connectivity index (χ2v) is 6.28. The van der Waals surface area contributed by atoms with Crippen molar-refractivity contribution in [1.82, 2.24) is 15.2 Å². The van der Waals surface area contributed by atoms with Gasteiger partial charge in [-0.2, -0.15) is 0 Å². The molecular formula is C17H19BrCl2FN3O2. The zero-order valence-electron chi connectivity index (χ0n) is 13.8. The van der Waals surface area contributed by atoms with Crippen molar-refractivity contribution in [3.05, 3.63) is 52.4 Å². The van der Waals surface area contributed by atoms with Crippen molar-refractivity contribution in [3.63, 3.8) is 0 Å². The number of nitrogens with one attached hydrogen (secondary N) is 1. The third kappa shape index (κ3) is 5.54. The number of aromatic nitrogens is 1. The second kappa shape index (κ2) is 10.7. The molecule has 0 bridgehead atoms. The van der Waals surface area contributed by atoms with Gasteiger partial charge in [0, 0.05) is 25.8 Å². The Labute approximate surface area is 172 Å². The van der Waals surface area contributed by atoms with E-state index in [4.69, 9.17) is 4.74 Å². The fourth-order valence-electron chi connectivity index (χ4n) is 2.52. The summed E-state index contributed by atoms with van der Waals surface area (Å²) in [5, 5.41) is 3.27. The van der Waals surface area contributed by atoms with Crippen LogP contribution in [-0.2, 0) is 0 Å². The number of halogens is 4. The number of benzene rings is 1. The first-order valence-electron chi connectivity index (χ1n) is 7.73. The van der Waals surface area contributed by atoms with Gasteiger partial charge in [-0.15, -0.1) is 24.8 Å². The van der Waals surface area contributed by atoms with Crippen molar-refractivity contribution in [2.24, 2.45) is 0 Å². The summed E-state index contributed by atoms with van der Waals surface area (Å²) < 4.78 is 19.4. The van der Waals surface area contributed by atoms with Gasteiger partial charge in [0.05, 0.1) is 4.47 Å². The van der Waals surface area contributed by atoms with E-state index in [2.05, 4.69) is 26.2 Å². The van der Waals surface area contributed by atoms with Crippen molar-refractivity contribution in [2.45, 2.75) is 6.42 Å². The lowest BCUT2D eigenvalue weighted by Gasteiger charge is -2.21. The Balaban J connectivity index is 0.00000169. The molecule has 2 aromatic rings. The van der Waals surface area contributed by atoms with E-state index in [-0.39, 0.29) is 42.4 Å². The van der Waals surface area contributed by atoms with Gasteiger partial charge >= 0.3 is 0 Å². The zero-order chi connectivity index (χ0) is 16.9. The summed E-state index contributed by atoms with van der Waals surface area (Å²) in [6.07, 6.45) is 2.47. The fourth-order valence-corrected chi connectivity index (χ4v) is 2.95. The molecule has 26 heavy (non-hydrogen) atoms. The smallest absolute Gasteiger partial charge is 0.259 e. The fraction of sp³-hybridized carbons (Fsp3) is 0.294. The summed E-state index contributed by atoms with van der Waals surface area (Å²) in [4.78, 5) is 18.8. The molecule has 0 saturated carbocycles. The number of pyridine rings is 1. The van der Waals surface area contributed by atoms with Crippen LogP contribution in [0.1, 0.15) is 16.8 Å². The molecule has 0 aliphatic carbocycles. The molecule has 3 rings (SSSR count). The molecule has 0 atom stereocenters. The Bertz CT molecular complexity index is 744. The van der Waals surface area contributed by atoms with Crippen LogP contribution in [0.25, 0.3) is 0 Å². The summed E-state index contributed by atoms with van der Waals surface area (Å²) >= 11 is 3.26. The number of rotatable bonds is 3. The molecule has 1 aliphatic heterocycles. The van der Waals surface area contributed by atoms with E-state index in [1.54, 1.807) is 23.2 Å². The molecule has 1 saturated heterocycles. The van der Waals surface area contributed by atoms with Crippen molar-refractivity contribution < 1.29 is 13.9 Å². The van der Waals surface area contributed by atoms with Crippen LogP contribution >= 0.6 is 40.7 Å². The van der Waals surface area contributed by atoms with E-state index in [0.717, 1.165) is 19.5 Å². The Morgan fingerprint density at radius 2 is 2.04 bits per heavy atom. The van der Waals surface area contributed by atoms with Crippen LogP contribution in [0.4, 0.5) is 4.39 Å². The van der Waals surface area contributed by atoms with Crippen LogP contribution < -0.4 is 10.1 Å². The number of amides is 1. The molecule has 9 heteroatoms. The Kier molecular flexibility index (Phi) is 9.29. The van der Waals surface area contributed by atoms with Gasteiger partial charge in [0.15, 0.2) is 0 Å². The van der Waals surface area contributed by atoms with Gasteiger partial charge in [-0.3, -0.25) is 4.79 Å². The van der Waals surface area contributed by atoms with Gasteiger partial charge in [0.2, 0.25) is 5.88 Å². The van der Waals surface area contributed by atoms with Crippen molar-refractivity contribution in [3.8, 4) is 11.6 Å². The molecule has 1 aromatic carbocycles. The van der Waals surface area contributed by atoms with E-state index in [1.165, 1.54) is 18.2 Å². The average Bonchev–Trinajstić information content (AvgIpc) is 2.86. The Hall–Kier alpha value is -1.41. The first kappa shape index (κ1) is 22.6. The van der Waals surface area contributed by atoms with E-state index in [1.807, 2.05) is 0 Å². The maximum Gasteiger partial charge on any atom is 0.259 e. The van der Waals surface area contributed by atoms with Gasteiger partial charge in [0.1, 0.15) is 17.1 Å². The first-order valence-corrected chi connectivity index (χ1v) is 8.52. The highest BCUT2D eigenvalue weighted by Crippen LogP contribution is 2.31. The van der Waals surface area contributed by atoms with Crippen LogP contribution in [0.5, 0.6) is 11.6 Å². The van der Waals surface area contributed by atoms with Crippen LogP contribution in [-0.4, -0.2) is 42.0 Å². The van der Waals surface area contributed by atoms with Gasteiger partial charge in [-0.25, -0.2) is 9.37 Å². The lowest BCUT2D eigenvalue weighted by molar-refractivity contribution is 0.0763. The van der Waals surface area contributed by atoms with E-state index in [9.17, 15) is 9.18 Å². The third-order valence-corrected chi connectivity index (χ3v) is 4.35. The predicted molar refractivity (Wildman–Crippen MR) is 106 cm³/mol. The number of nitrogens with zero attached hydrogens (tertiary/aromatic N) is 2. The third-order valence-electron chi connectivity index (χ3n) is 3.73. The normalized spacial score (nSPS) is 13.8. The van der Waals surface area contributed by atoms with E-state index in [0.29, 0.717) is 28.9 Å². The molecule has 0 radical (unpaired) electrons. The lowest BCUT2D eigenvalue weighted by Crippen LogP contribution is -2.34. The molecule has 1 amide bonds. The molecule has 2 heterocycles. The standard InChI is InChI=1S/C17H17BrFN3O2.2ClH/c18-14-11-12(19)4-5-15(14)24-16-13(3-1-7-21-16)17(23)22-9-2-6-20-8-10-22;;/h1,3-5,7,11,20H,2,6,8-10H2;2*1H. The van der Waals surface area contributed by atoms with Gasteiger partial charge < -0.3 is 15.0 Å². The highest BCUT2D eigenvalue weighted by Gasteiger charge is 2.22. The minimum Gasteiger partial charge on any atom is -0.437 e. The number of carbonyl (C=O) groups is 1. The number of hydrogen-bond acceptors (Lipinski definition) is 4. The molecule has 0 unspecified atom stereocenters. The molecular weight excluding hydrogens is 448 g/mol. The number of ether oxygens (including phenoxy) is 1. The summed E-state index contributed by atoms with van der Waals surface area (Å²) in [6.45, 7) is 3.02. The van der Waals surface area contributed by atoms with E-state index >= 15 is 0 Å². The molecule has 5 nitrogen and oxygen atoms in total. The summed E-state index contributed by atoms with van der Waals surface area (Å²) in [7, 11) is 0. The highest BCUT2D eigenvalue weighted by molar-refractivity contribution is 9.10. The maximum absolute atomic E-state index is 13.2. The highest BCUT2D eigenvalue weighted by atomic mass is 79.9. The van der Waals surface area contributed by atoms with Gasteiger partial charge in [-0.05, 0) is 59.2 Å². The summed E-state index contributed by atoms with van der Waals surface area (Å²) in [6, 6.07) is 7.50. The molecule has 1 aliphatic rings. The summed E-state index contributed by atoms with van der Waals surface area (Å²) in [5.41, 5.74) is 0.399. The zero-order valence-corrected chi connectivity index (χ0v) is 17.0. The van der Waals surface area contributed by atoms with Crippen LogP contribution in [0.3, 0.4) is 0 Å². The van der Waals surface area contributed by atoms with E-state index < -0.39 is 0 Å². The van der Waals surface area contributed by atoms with Crippen LogP contribution in [0.2, 0.25) is 0 Å². The molecule has 1 N–H and O–H groups in total. The maximum atomic E-state index is 13.2. The van der Waals surface area contributed by atoms with Gasteiger partial charge in [-0.1, -0.05) is 0 Å². The quantitative estimate of drug-likeness (QED) is 0.741. The monoisotopic (exact) mass is 465 g/mol. The minimum absolute atomic E-state index is 0. The average molecular weight is 467 g/mol. The topological polar surface area (TPSA) is 54.5 Å². The summed E-state index contributed by atoms with van der Waals surface area (Å²) in [5.74, 6) is 0.136. The molecule has 1 fully saturated rings. The van der Waals surface area contributed by atoms with Crippen LogP contribution in [0, 0.1) is 5.82 Å². The molecule has 142 valence electrons. The Morgan fingerprint density at radius 3 is 2.81 bits per heavy atom. The molecule has 0 spiro atoms. The Morgan fingerprint density at radius 1 is 1.23 bits per heavy atom. The van der Waals surface area contributed by atoms with Crippen LogP contribution in [0.15, 0.2) is 41.0 Å². The minimum atomic E-state index is -0.372. The van der Waals surface area contributed by atoms with Crippen molar-refractivity contribution in [2.75, 3.05) is 26.2 Å².